The number of carbonyl (C=O) groups is 3. The number of hydrogen-bond donors (Lipinski definition) is 1. The van der Waals surface area contributed by atoms with Crippen molar-refractivity contribution < 1.29 is 28.6 Å². The van der Waals surface area contributed by atoms with Gasteiger partial charge in [-0.3, -0.25) is 9.59 Å². The van der Waals surface area contributed by atoms with E-state index < -0.39 is 17.8 Å². The average molecular weight is 322 g/mol. The zero-order valence-corrected chi connectivity index (χ0v) is 13.1. The van der Waals surface area contributed by atoms with Crippen LogP contribution in [0, 0.1) is 0 Å². The van der Waals surface area contributed by atoms with E-state index in [1.165, 1.54) is 21.3 Å². The van der Waals surface area contributed by atoms with E-state index in [9.17, 15) is 14.4 Å². The summed E-state index contributed by atoms with van der Waals surface area (Å²) in [5.41, 5.74) is 2.50. The third-order valence-corrected chi connectivity index (χ3v) is 2.86. The molecule has 8 nitrogen and oxygen atoms in total. The van der Waals surface area contributed by atoms with Gasteiger partial charge in [0.2, 0.25) is 0 Å². The highest BCUT2D eigenvalue weighted by Gasteiger charge is 2.15. The van der Waals surface area contributed by atoms with Crippen LogP contribution in [-0.2, 0) is 19.1 Å². The molecule has 0 fully saturated rings. The molecule has 8 heteroatoms. The van der Waals surface area contributed by atoms with E-state index in [2.05, 4.69) is 20.0 Å². The highest BCUT2D eigenvalue weighted by atomic mass is 16.5. The molecule has 0 aliphatic carbocycles. The molecule has 0 spiro atoms. The number of ether oxygens (including phenoxy) is 3. The monoisotopic (exact) mass is 322 g/mol. The van der Waals surface area contributed by atoms with E-state index in [1.807, 2.05) is 0 Å². The summed E-state index contributed by atoms with van der Waals surface area (Å²) in [4.78, 5) is 34.6. The van der Waals surface area contributed by atoms with Crippen LogP contribution in [0.25, 0.3) is 0 Å². The van der Waals surface area contributed by atoms with Crippen LogP contribution in [0.3, 0.4) is 0 Å². The van der Waals surface area contributed by atoms with Gasteiger partial charge in [-0.1, -0.05) is 0 Å². The minimum atomic E-state index is -0.732. The summed E-state index contributed by atoms with van der Waals surface area (Å²) in [6, 6.07) is 6.35. The molecule has 1 aromatic carbocycles. The van der Waals surface area contributed by atoms with Crippen LogP contribution >= 0.6 is 0 Å². The molecule has 0 heterocycles. The van der Waals surface area contributed by atoms with E-state index in [1.54, 1.807) is 24.3 Å². The maximum Gasteiger partial charge on any atom is 0.354 e. The van der Waals surface area contributed by atoms with Gasteiger partial charge in [-0.15, -0.1) is 0 Å². The maximum absolute atomic E-state index is 12.0. The number of hydrogen-bond acceptors (Lipinski definition) is 7. The fraction of sp³-hybridized carbons (Fsp3) is 0.333. The first-order chi connectivity index (χ1) is 11.0. The maximum atomic E-state index is 12.0. The lowest BCUT2D eigenvalue weighted by atomic mass is 10.2. The molecule has 0 unspecified atom stereocenters. The smallest absolute Gasteiger partial charge is 0.354 e. The molecule has 1 N–H and O–H groups in total. The van der Waals surface area contributed by atoms with Crippen molar-refractivity contribution in [2.24, 2.45) is 5.10 Å². The largest absolute Gasteiger partial charge is 0.497 e. The minimum absolute atomic E-state index is 0.0117. The summed E-state index contributed by atoms with van der Waals surface area (Å²) < 4.78 is 14.0. The predicted molar refractivity (Wildman–Crippen MR) is 81.2 cm³/mol. The van der Waals surface area contributed by atoms with Crippen molar-refractivity contribution in [2.75, 3.05) is 21.3 Å². The lowest BCUT2D eigenvalue weighted by Crippen LogP contribution is -2.25. The molecular formula is C15H18N2O6. The van der Waals surface area contributed by atoms with Gasteiger partial charge in [-0.05, 0) is 24.3 Å². The Labute approximate surface area is 133 Å². The first-order valence-electron chi connectivity index (χ1n) is 6.68. The van der Waals surface area contributed by atoms with Gasteiger partial charge >= 0.3 is 11.9 Å². The van der Waals surface area contributed by atoms with Crippen LogP contribution < -0.4 is 10.2 Å². The Kier molecular flexibility index (Phi) is 7.25. The Morgan fingerprint density at radius 1 is 1.00 bits per heavy atom. The number of nitrogens with zero attached hydrogens (tertiary/aromatic N) is 1. The first kappa shape index (κ1) is 18.1. The molecule has 0 bridgehead atoms. The van der Waals surface area contributed by atoms with Crippen LogP contribution in [0.4, 0.5) is 0 Å². The third-order valence-electron chi connectivity index (χ3n) is 2.86. The van der Waals surface area contributed by atoms with Crippen molar-refractivity contribution in [1.82, 2.24) is 5.43 Å². The number of hydrazone groups is 1. The van der Waals surface area contributed by atoms with Gasteiger partial charge in [0.25, 0.3) is 5.91 Å². The third kappa shape index (κ3) is 5.77. The summed E-state index contributed by atoms with van der Waals surface area (Å²) in [6.45, 7) is 0. The Morgan fingerprint density at radius 2 is 1.65 bits per heavy atom. The molecule has 1 aromatic rings. The standard InChI is InChI=1S/C15H18N2O6/c1-21-11-6-4-10(5-7-11)14(19)17-16-12(15(20)23-3)8-9-13(18)22-2/h4-7H,8-9H2,1-3H3,(H,17,19)/b16-12-. The zero-order chi connectivity index (χ0) is 17.2. The van der Waals surface area contributed by atoms with Crippen molar-refractivity contribution in [1.29, 1.82) is 0 Å². The molecule has 124 valence electrons. The number of methoxy groups -OCH3 is 3. The predicted octanol–water partition coefficient (Wildman–Crippen LogP) is 0.907. The topological polar surface area (TPSA) is 103 Å². The molecule has 1 rings (SSSR count). The Balaban J connectivity index is 2.75. The second kappa shape index (κ2) is 9.19. The number of nitrogens with one attached hydrogen (secondary N) is 1. The van der Waals surface area contributed by atoms with Crippen molar-refractivity contribution in [3.63, 3.8) is 0 Å². The molecule has 0 aromatic heterocycles. The van der Waals surface area contributed by atoms with Crippen LogP contribution in [0.2, 0.25) is 0 Å². The molecule has 0 aliphatic rings. The van der Waals surface area contributed by atoms with Gasteiger partial charge in [-0.2, -0.15) is 5.10 Å². The van der Waals surface area contributed by atoms with Crippen molar-refractivity contribution >= 4 is 23.6 Å². The molecule has 0 aliphatic heterocycles. The normalized spacial score (nSPS) is 10.7. The summed E-state index contributed by atoms with van der Waals surface area (Å²) in [5.74, 6) is -1.13. The van der Waals surface area contributed by atoms with E-state index >= 15 is 0 Å². The van der Waals surface area contributed by atoms with Gasteiger partial charge < -0.3 is 14.2 Å². The highest BCUT2D eigenvalue weighted by Crippen LogP contribution is 2.11. The van der Waals surface area contributed by atoms with Gasteiger partial charge in [0, 0.05) is 12.0 Å². The fourth-order valence-corrected chi connectivity index (χ4v) is 1.57. The Hall–Kier alpha value is -2.90. The molecule has 0 atom stereocenters. The molecule has 1 amide bonds. The minimum Gasteiger partial charge on any atom is -0.497 e. The van der Waals surface area contributed by atoms with Crippen LogP contribution in [-0.4, -0.2) is 44.9 Å². The molecule has 0 saturated carbocycles. The Morgan fingerprint density at radius 3 is 2.17 bits per heavy atom. The quantitative estimate of drug-likeness (QED) is 0.454. The number of esters is 2. The molecule has 23 heavy (non-hydrogen) atoms. The molecule has 0 saturated heterocycles. The van der Waals surface area contributed by atoms with Gasteiger partial charge in [0.15, 0.2) is 0 Å². The van der Waals surface area contributed by atoms with Gasteiger partial charge in [-0.25, -0.2) is 10.2 Å². The zero-order valence-electron chi connectivity index (χ0n) is 13.1. The van der Waals surface area contributed by atoms with Crippen LogP contribution in [0.1, 0.15) is 23.2 Å². The summed E-state index contributed by atoms with van der Waals surface area (Å²) in [7, 11) is 3.94. The lowest BCUT2D eigenvalue weighted by Gasteiger charge is -2.05. The van der Waals surface area contributed by atoms with Gasteiger partial charge in [0.05, 0.1) is 27.8 Å². The number of carbonyl (C=O) groups excluding carboxylic acids is 3. The number of amides is 1. The lowest BCUT2D eigenvalue weighted by molar-refractivity contribution is -0.140. The van der Waals surface area contributed by atoms with Crippen molar-refractivity contribution in [3.8, 4) is 5.75 Å². The number of rotatable bonds is 7. The average Bonchev–Trinajstić information content (AvgIpc) is 2.60. The van der Waals surface area contributed by atoms with E-state index in [0.29, 0.717) is 11.3 Å². The van der Waals surface area contributed by atoms with Gasteiger partial charge in [0.1, 0.15) is 11.5 Å². The Bertz CT molecular complexity index is 594. The summed E-state index contributed by atoms with van der Waals surface area (Å²) in [5, 5.41) is 3.72. The molecule has 0 radical (unpaired) electrons. The first-order valence-corrected chi connectivity index (χ1v) is 6.68. The molecular weight excluding hydrogens is 304 g/mol. The van der Waals surface area contributed by atoms with E-state index in [-0.39, 0.29) is 18.6 Å². The van der Waals surface area contributed by atoms with Crippen molar-refractivity contribution in [3.05, 3.63) is 29.8 Å². The van der Waals surface area contributed by atoms with Crippen molar-refractivity contribution in [2.45, 2.75) is 12.8 Å². The fourth-order valence-electron chi connectivity index (χ4n) is 1.57. The van der Waals surface area contributed by atoms with Crippen LogP contribution in [0.5, 0.6) is 5.75 Å². The van der Waals surface area contributed by atoms with E-state index in [0.717, 1.165) is 0 Å². The summed E-state index contributed by atoms with van der Waals surface area (Å²) >= 11 is 0. The second-order valence-corrected chi connectivity index (χ2v) is 4.30. The second-order valence-electron chi connectivity index (χ2n) is 4.30. The number of benzene rings is 1. The SMILES string of the molecule is COC(=O)CC/C(=N/NC(=O)c1ccc(OC)cc1)C(=O)OC. The van der Waals surface area contributed by atoms with Crippen LogP contribution in [0.15, 0.2) is 29.4 Å². The highest BCUT2D eigenvalue weighted by molar-refractivity contribution is 6.36. The van der Waals surface area contributed by atoms with E-state index in [4.69, 9.17) is 4.74 Å². The summed E-state index contributed by atoms with van der Waals surface area (Å²) in [6.07, 6.45) is -0.0644.